The van der Waals surface area contributed by atoms with E-state index in [9.17, 15) is 0 Å². The van der Waals surface area contributed by atoms with Crippen molar-refractivity contribution < 1.29 is 9.47 Å². The van der Waals surface area contributed by atoms with Gasteiger partial charge in [-0.3, -0.25) is 0 Å². The second-order valence-corrected chi connectivity index (χ2v) is 6.71. The number of nitrogens with zero attached hydrogens (tertiary/aromatic N) is 1. The molecule has 3 rings (SSSR count). The minimum Gasteiger partial charge on any atom is -0.490 e. The van der Waals surface area contributed by atoms with Crippen LogP contribution in [0.5, 0.6) is 11.5 Å². The number of hydrogen-bond acceptors (Lipinski definition) is 5. The molecular weight excluding hydrogens is 352 g/mol. The normalized spacial score (nSPS) is 14.0. The maximum Gasteiger partial charge on any atom is 0.175 e. The molecule has 21 heavy (non-hydrogen) atoms. The predicted octanol–water partition coefficient (Wildman–Crippen LogP) is 3.67. The van der Waals surface area contributed by atoms with E-state index in [2.05, 4.69) is 38.4 Å². The molecule has 6 heteroatoms. The van der Waals surface area contributed by atoms with Crippen LogP contribution in [0.3, 0.4) is 0 Å². The molecule has 1 aliphatic rings. The van der Waals surface area contributed by atoms with Crippen LogP contribution in [0.1, 0.15) is 22.6 Å². The van der Waals surface area contributed by atoms with Crippen LogP contribution in [-0.2, 0) is 13.1 Å². The van der Waals surface area contributed by atoms with Crippen LogP contribution in [0.15, 0.2) is 22.1 Å². The van der Waals surface area contributed by atoms with Crippen molar-refractivity contribution in [2.75, 3.05) is 13.2 Å². The predicted molar refractivity (Wildman–Crippen MR) is 87.1 cm³/mol. The van der Waals surface area contributed by atoms with Crippen LogP contribution in [0, 0.1) is 6.92 Å². The van der Waals surface area contributed by atoms with Crippen molar-refractivity contribution in [2.45, 2.75) is 26.4 Å². The molecule has 0 spiro atoms. The van der Waals surface area contributed by atoms with E-state index in [4.69, 9.17) is 9.47 Å². The Balaban J connectivity index is 1.67. The van der Waals surface area contributed by atoms with Gasteiger partial charge in [0.1, 0.15) is 0 Å². The number of aryl methyl sites for hydroxylation is 1. The Labute approximate surface area is 136 Å². The lowest BCUT2D eigenvalue weighted by Gasteiger charge is -2.12. The van der Waals surface area contributed by atoms with Gasteiger partial charge in [0.05, 0.1) is 28.9 Å². The monoisotopic (exact) mass is 368 g/mol. The molecule has 1 aromatic carbocycles. The second-order valence-electron chi connectivity index (χ2n) is 4.92. The first kappa shape index (κ1) is 14.8. The summed E-state index contributed by atoms with van der Waals surface area (Å²) in [5, 5.41) is 3.45. The highest BCUT2D eigenvalue weighted by atomic mass is 79.9. The van der Waals surface area contributed by atoms with Crippen molar-refractivity contribution in [3.05, 3.63) is 38.3 Å². The van der Waals surface area contributed by atoms with Gasteiger partial charge in [-0.25, -0.2) is 4.98 Å². The topological polar surface area (TPSA) is 43.4 Å². The quantitative estimate of drug-likeness (QED) is 0.893. The van der Waals surface area contributed by atoms with Crippen molar-refractivity contribution in [1.82, 2.24) is 10.3 Å². The van der Waals surface area contributed by atoms with E-state index in [1.807, 2.05) is 12.4 Å². The average molecular weight is 369 g/mol. The number of rotatable bonds is 4. The summed E-state index contributed by atoms with van der Waals surface area (Å²) in [6, 6.07) is 4.14. The van der Waals surface area contributed by atoms with E-state index < -0.39 is 0 Å². The fraction of sp³-hybridized carbons (Fsp3) is 0.400. The lowest BCUT2D eigenvalue weighted by atomic mass is 10.2. The van der Waals surface area contributed by atoms with Gasteiger partial charge in [-0.1, -0.05) is 0 Å². The molecule has 4 nitrogen and oxygen atoms in total. The summed E-state index contributed by atoms with van der Waals surface area (Å²) >= 11 is 5.25. The molecular formula is C15H17BrN2O2S. The fourth-order valence-electron chi connectivity index (χ4n) is 2.20. The van der Waals surface area contributed by atoms with Crippen molar-refractivity contribution in [2.24, 2.45) is 0 Å². The molecule has 1 aromatic heterocycles. The van der Waals surface area contributed by atoms with E-state index in [-0.39, 0.29) is 0 Å². The molecule has 0 bridgehead atoms. The number of aromatic nitrogens is 1. The number of benzene rings is 1. The zero-order valence-corrected chi connectivity index (χ0v) is 14.2. The summed E-state index contributed by atoms with van der Waals surface area (Å²) in [4.78, 5) is 5.54. The van der Waals surface area contributed by atoms with Gasteiger partial charge in [0, 0.05) is 24.4 Å². The highest BCUT2D eigenvalue weighted by molar-refractivity contribution is 9.10. The SMILES string of the molecule is Cc1ncsc1CNCc1cc(Br)c2c(c1)OCCCO2. The van der Waals surface area contributed by atoms with Gasteiger partial charge < -0.3 is 14.8 Å². The molecule has 0 fully saturated rings. The summed E-state index contributed by atoms with van der Waals surface area (Å²) < 4.78 is 12.4. The molecule has 2 heterocycles. The minimum atomic E-state index is 0.702. The van der Waals surface area contributed by atoms with Gasteiger partial charge in [0.25, 0.3) is 0 Å². The first-order valence-corrected chi connectivity index (χ1v) is 8.59. The molecule has 0 saturated heterocycles. The van der Waals surface area contributed by atoms with Crippen LogP contribution in [0.25, 0.3) is 0 Å². The fourth-order valence-corrected chi connectivity index (χ4v) is 3.55. The number of ether oxygens (including phenoxy) is 2. The first-order chi connectivity index (χ1) is 10.2. The molecule has 0 radical (unpaired) electrons. The zero-order chi connectivity index (χ0) is 14.7. The largest absolute Gasteiger partial charge is 0.490 e. The number of thiazole rings is 1. The lowest BCUT2D eigenvalue weighted by Crippen LogP contribution is -2.12. The molecule has 0 unspecified atom stereocenters. The molecule has 0 aliphatic carbocycles. The number of nitrogens with one attached hydrogen (secondary N) is 1. The van der Waals surface area contributed by atoms with Crippen molar-refractivity contribution in [1.29, 1.82) is 0 Å². The standard InChI is InChI=1S/C15H17BrN2O2S/c1-10-14(21-9-18-10)8-17-7-11-5-12(16)15-13(6-11)19-3-2-4-20-15/h5-6,9,17H,2-4,7-8H2,1H3. The number of hydrogen-bond donors (Lipinski definition) is 1. The molecule has 1 N–H and O–H groups in total. The smallest absolute Gasteiger partial charge is 0.175 e. The third kappa shape index (κ3) is 3.56. The summed E-state index contributed by atoms with van der Waals surface area (Å²) in [7, 11) is 0. The van der Waals surface area contributed by atoms with E-state index in [1.165, 1.54) is 10.4 Å². The van der Waals surface area contributed by atoms with Gasteiger partial charge in [-0.15, -0.1) is 11.3 Å². The lowest BCUT2D eigenvalue weighted by molar-refractivity contribution is 0.296. The Kier molecular flexibility index (Phi) is 4.77. The van der Waals surface area contributed by atoms with Crippen molar-refractivity contribution in [3.8, 4) is 11.5 Å². The highest BCUT2D eigenvalue weighted by Gasteiger charge is 2.15. The number of halogens is 1. The summed E-state index contributed by atoms with van der Waals surface area (Å²) in [6.07, 6.45) is 0.916. The van der Waals surface area contributed by atoms with E-state index in [1.54, 1.807) is 11.3 Å². The van der Waals surface area contributed by atoms with Crippen LogP contribution in [-0.4, -0.2) is 18.2 Å². The minimum absolute atomic E-state index is 0.702. The molecule has 112 valence electrons. The van der Waals surface area contributed by atoms with E-state index in [0.29, 0.717) is 13.2 Å². The van der Waals surface area contributed by atoms with Gasteiger partial charge >= 0.3 is 0 Å². The Morgan fingerprint density at radius 2 is 2.14 bits per heavy atom. The molecule has 0 saturated carbocycles. The van der Waals surface area contributed by atoms with Gasteiger partial charge in [0.2, 0.25) is 0 Å². The molecule has 1 aliphatic heterocycles. The Hall–Kier alpha value is -1.11. The van der Waals surface area contributed by atoms with Crippen LogP contribution >= 0.6 is 27.3 Å². The third-order valence-electron chi connectivity index (χ3n) is 3.32. The molecule has 2 aromatic rings. The second kappa shape index (κ2) is 6.77. The highest BCUT2D eigenvalue weighted by Crippen LogP contribution is 2.38. The molecule has 0 atom stereocenters. The zero-order valence-electron chi connectivity index (χ0n) is 11.8. The Bertz CT molecular complexity index is 630. The third-order valence-corrected chi connectivity index (χ3v) is 4.85. The van der Waals surface area contributed by atoms with E-state index in [0.717, 1.165) is 41.2 Å². The maximum absolute atomic E-state index is 5.75. The average Bonchev–Trinajstić information content (AvgIpc) is 2.73. The van der Waals surface area contributed by atoms with Crippen LogP contribution < -0.4 is 14.8 Å². The first-order valence-electron chi connectivity index (χ1n) is 6.92. The summed E-state index contributed by atoms with van der Waals surface area (Å²) in [5.41, 5.74) is 4.16. The van der Waals surface area contributed by atoms with Crippen LogP contribution in [0.4, 0.5) is 0 Å². The van der Waals surface area contributed by atoms with E-state index >= 15 is 0 Å². The van der Waals surface area contributed by atoms with Crippen LogP contribution in [0.2, 0.25) is 0 Å². The molecule has 0 amide bonds. The van der Waals surface area contributed by atoms with Crippen molar-refractivity contribution in [3.63, 3.8) is 0 Å². The van der Waals surface area contributed by atoms with Gasteiger partial charge in [-0.2, -0.15) is 0 Å². The summed E-state index contributed by atoms with van der Waals surface area (Å²) in [6.45, 7) is 5.07. The number of fused-ring (bicyclic) bond motifs is 1. The van der Waals surface area contributed by atoms with Gasteiger partial charge in [0.15, 0.2) is 11.5 Å². The Morgan fingerprint density at radius 1 is 1.29 bits per heavy atom. The Morgan fingerprint density at radius 3 is 2.95 bits per heavy atom. The van der Waals surface area contributed by atoms with Crippen molar-refractivity contribution >= 4 is 27.3 Å². The maximum atomic E-state index is 5.75. The van der Waals surface area contributed by atoms with Gasteiger partial charge in [-0.05, 0) is 40.5 Å². The summed E-state index contributed by atoms with van der Waals surface area (Å²) in [5.74, 6) is 1.64.